The largest absolute Gasteiger partial charge is 0.313 e. The molecule has 2 heteroatoms. The van der Waals surface area contributed by atoms with Gasteiger partial charge in [-0.1, -0.05) is 30.3 Å². The standard InChI is InChI=1S/C12H17NO/c1-12(2)9-8-11(13(12)14)10-6-4-3-5-7-10/h3-7,11,14H,8-9H2,1-2H3. The molecule has 1 aliphatic heterocycles. The van der Waals surface area contributed by atoms with Gasteiger partial charge in [0.05, 0.1) is 6.04 Å². The molecule has 0 bridgehead atoms. The molecule has 0 aromatic heterocycles. The second-order valence-electron chi connectivity index (χ2n) is 4.62. The first-order chi connectivity index (χ1) is 6.61. The van der Waals surface area contributed by atoms with Gasteiger partial charge in [0.15, 0.2) is 0 Å². The summed E-state index contributed by atoms with van der Waals surface area (Å²) in [6, 6.07) is 10.4. The predicted octanol–water partition coefficient (Wildman–Crippen LogP) is 2.99. The summed E-state index contributed by atoms with van der Waals surface area (Å²) in [7, 11) is 0. The molecule has 1 N–H and O–H groups in total. The molecule has 1 heterocycles. The number of rotatable bonds is 1. The van der Waals surface area contributed by atoms with Crippen molar-refractivity contribution in [1.82, 2.24) is 5.06 Å². The maximum Gasteiger partial charge on any atom is 0.0606 e. The summed E-state index contributed by atoms with van der Waals surface area (Å²) in [5, 5.41) is 11.5. The zero-order valence-corrected chi connectivity index (χ0v) is 8.77. The molecule has 0 saturated carbocycles. The topological polar surface area (TPSA) is 23.5 Å². The zero-order valence-electron chi connectivity index (χ0n) is 8.77. The average Bonchev–Trinajstić information content (AvgIpc) is 2.44. The Hall–Kier alpha value is -0.860. The molecule has 1 unspecified atom stereocenters. The molecule has 1 atom stereocenters. The van der Waals surface area contributed by atoms with Crippen LogP contribution < -0.4 is 0 Å². The summed E-state index contributed by atoms with van der Waals surface area (Å²) < 4.78 is 0. The van der Waals surface area contributed by atoms with Crippen LogP contribution in [0, 0.1) is 0 Å². The van der Waals surface area contributed by atoms with E-state index in [0.717, 1.165) is 12.8 Å². The molecule has 2 nitrogen and oxygen atoms in total. The lowest BCUT2D eigenvalue weighted by Gasteiger charge is -2.29. The minimum atomic E-state index is -0.0828. The van der Waals surface area contributed by atoms with Crippen LogP contribution in [-0.4, -0.2) is 15.8 Å². The van der Waals surface area contributed by atoms with Gasteiger partial charge in [-0.2, -0.15) is 5.06 Å². The van der Waals surface area contributed by atoms with Gasteiger partial charge in [0, 0.05) is 5.54 Å². The summed E-state index contributed by atoms with van der Waals surface area (Å²) in [6.45, 7) is 4.16. The fraction of sp³-hybridized carbons (Fsp3) is 0.500. The Kier molecular flexibility index (Phi) is 2.33. The van der Waals surface area contributed by atoms with E-state index in [9.17, 15) is 5.21 Å². The van der Waals surface area contributed by atoms with Crippen molar-refractivity contribution in [3.05, 3.63) is 35.9 Å². The number of hydroxylamine groups is 2. The monoisotopic (exact) mass is 191 g/mol. The van der Waals surface area contributed by atoms with E-state index in [1.165, 1.54) is 10.6 Å². The lowest BCUT2D eigenvalue weighted by atomic mass is 10.0. The summed E-state index contributed by atoms with van der Waals surface area (Å²) >= 11 is 0. The summed E-state index contributed by atoms with van der Waals surface area (Å²) in [6.07, 6.45) is 2.08. The van der Waals surface area contributed by atoms with Crippen LogP contribution in [-0.2, 0) is 0 Å². The summed E-state index contributed by atoms with van der Waals surface area (Å²) in [4.78, 5) is 0. The smallest absolute Gasteiger partial charge is 0.0606 e. The lowest BCUT2D eigenvalue weighted by molar-refractivity contribution is -0.165. The van der Waals surface area contributed by atoms with E-state index in [4.69, 9.17) is 0 Å². The van der Waals surface area contributed by atoms with Crippen LogP contribution >= 0.6 is 0 Å². The number of hydrogen-bond acceptors (Lipinski definition) is 2. The molecule has 1 aromatic rings. The first-order valence-corrected chi connectivity index (χ1v) is 5.14. The number of hydrogen-bond donors (Lipinski definition) is 1. The van der Waals surface area contributed by atoms with Gasteiger partial charge in [0.25, 0.3) is 0 Å². The fourth-order valence-corrected chi connectivity index (χ4v) is 2.13. The van der Waals surface area contributed by atoms with E-state index in [2.05, 4.69) is 26.0 Å². The highest BCUT2D eigenvalue weighted by Crippen LogP contribution is 2.40. The second kappa shape index (κ2) is 3.37. The van der Waals surface area contributed by atoms with E-state index < -0.39 is 0 Å². The van der Waals surface area contributed by atoms with Gasteiger partial charge >= 0.3 is 0 Å². The minimum absolute atomic E-state index is 0.0828. The van der Waals surface area contributed by atoms with Crippen molar-refractivity contribution in [2.75, 3.05) is 0 Å². The van der Waals surface area contributed by atoms with Crippen LogP contribution in [0.15, 0.2) is 30.3 Å². The van der Waals surface area contributed by atoms with Crippen molar-refractivity contribution < 1.29 is 5.21 Å². The van der Waals surface area contributed by atoms with Crippen LogP contribution in [0.5, 0.6) is 0 Å². The third-order valence-corrected chi connectivity index (χ3v) is 3.13. The number of nitrogens with zero attached hydrogens (tertiary/aromatic N) is 1. The molecule has 14 heavy (non-hydrogen) atoms. The molecule has 2 rings (SSSR count). The average molecular weight is 191 g/mol. The highest BCUT2D eigenvalue weighted by atomic mass is 16.5. The molecular formula is C12H17NO. The highest BCUT2D eigenvalue weighted by molar-refractivity contribution is 5.20. The maximum absolute atomic E-state index is 10.0. The first-order valence-electron chi connectivity index (χ1n) is 5.14. The highest BCUT2D eigenvalue weighted by Gasteiger charge is 2.39. The van der Waals surface area contributed by atoms with Crippen LogP contribution in [0.3, 0.4) is 0 Å². The Morgan fingerprint density at radius 2 is 1.93 bits per heavy atom. The van der Waals surface area contributed by atoms with Crippen LogP contribution in [0.4, 0.5) is 0 Å². The SMILES string of the molecule is CC1(C)CCC(c2ccccc2)N1O. The maximum atomic E-state index is 10.0. The molecule has 1 aromatic carbocycles. The van der Waals surface area contributed by atoms with Gasteiger partial charge in [-0.15, -0.1) is 0 Å². The van der Waals surface area contributed by atoms with Gasteiger partial charge in [0.2, 0.25) is 0 Å². The van der Waals surface area contributed by atoms with E-state index in [1.54, 1.807) is 0 Å². The van der Waals surface area contributed by atoms with Gasteiger partial charge in [-0.25, -0.2) is 0 Å². The van der Waals surface area contributed by atoms with Gasteiger partial charge < -0.3 is 5.21 Å². The third kappa shape index (κ3) is 1.56. The van der Waals surface area contributed by atoms with Crippen molar-refractivity contribution in [3.8, 4) is 0 Å². The van der Waals surface area contributed by atoms with Gasteiger partial charge in [0.1, 0.15) is 0 Å². The van der Waals surface area contributed by atoms with Crippen molar-refractivity contribution in [1.29, 1.82) is 0 Å². The van der Waals surface area contributed by atoms with Gasteiger partial charge in [-0.05, 0) is 32.3 Å². The van der Waals surface area contributed by atoms with Gasteiger partial charge in [-0.3, -0.25) is 0 Å². The molecule has 0 aliphatic carbocycles. The van der Waals surface area contributed by atoms with Crippen molar-refractivity contribution >= 4 is 0 Å². The molecule has 0 amide bonds. The van der Waals surface area contributed by atoms with E-state index >= 15 is 0 Å². The Morgan fingerprint density at radius 1 is 1.29 bits per heavy atom. The fourth-order valence-electron chi connectivity index (χ4n) is 2.13. The summed E-state index contributed by atoms with van der Waals surface area (Å²) in [5.41, 5.74) is 1.13. The zero-order chi connectivity index (χ0) is 10.2. The van der Waals surface area contributed by atoms with Crippen LogP contribution in [0.1, 0.15) is 38.3 Å². The predicted molar refractivity (Wildman–Crippen MR) is 56.1 cm³/mol. The third-order valence-electron chi connectivity index (χ3n) is 3.13. The normalized spacial score (nSPS) is 26.6. The number of benzene rings is 1. The Bertz CT molecular complexity index is 307. The Labute approximate surface area is 85.1 Å². The van der Waals surface area contributed by atoms with E-state index in [-0.39, 0.29) is 11.6 Å². The molecule has 1 saturated heterocycles. The quantitative estimate of drug-likeness (QED) is 0.737. The van der Waals surface area contributed by atoms with Crippen molar-refractivity contribution in [2.45, 2.75) is 38.3 Å². The van der Waals surface area contributed by atoms with Crippen molar-refractivity contribution in [2.24, 2.45) is 0 Å². The lowest BCUT2D eigenvalue weighted by Crippen LogP contribution is -2.36. The first kappa shape index (κ1) is 9.69. The molecular weight excluding hydrogens is 174 g/mol. The molecule has 0 radical (unpaired) electrons. The molecule has 0 spiro atoms. The van der Waals surface area contributed by atoms with Crippen LogP contribution in [0.2, 0.25) is 0 Å². The second-order valence-corrected chi connectivity index (χ2v) is 4.62. The minimum Gasteiger partial charge on any atom is -0.313 e. The summed E-state index contributed by atoms with van der Waals surface area (Å²) in [5.74, 6) is 0. The molecule has 76 valence electrons. The molecule has 1 fully saturated rings. The van der Waals surface area contributed by atoms with E-state index in [1.807, 2.05) is 18.2 Å². The van der Waals surface area contributed by atoms with E-state index in [0.29, 0.717) is 0 Å². The Morgan fingerprint density at radius 3 is 2.43 bits per heavy atom. The van der Waals surface area contributed by atoms with Crippen LogP contribution in [0.25, 0.3) is 0 Å². The Balaban J connectivity index is 2.23. The van der Waals surface area contributed by atoms with Crippen molar-refractivity contribution in [3.63, 3.8) is 0 Å². The molecule has 1 aliphatic rings.